The topological polar surface area (TPSA) is 73.9 Å². The van der Waals surface area contributed by atoms with E-state index in [2.05, 4.69) is 5.32 Å². The van der Waals surface area contributed by atoms with Crippen molar-refractivity contribution in [3.8, 4) is 11.5 Å². The van der Waals surface area contributed by atoms with E-state index in [1.165, 1.54) is 26.4 Å². The molecule has 0 spiro atoms. The summed E-state index contributed by atoms with van der Waals surface area (Å²) in [7, 11) is 2.96. The van der Waals surface area contributed by atoms with Crippen LogP contribution in [0.4, 0.5) is 5.69 Å². The SMILES string of the molecule is COc1ccc(C(=O)OCC(=O)Nc2ccc(Cl)cc2)cc1OC. The van der Waals surface area contributed by atoms with Crippen molar-refractivity contribution in [2.45, 2.75) is 0 Å². The van der Waals surface area contributed by atoms with Crippen molar-refractivity contribution in [3.63, 3.8) is 0 Å². The first kappa shape index (κ1) is 17.6. The maximum atomic E-state index is 12.0. The molecule has 0 atom stereocenters. The van der Waals surface area contributed by atoms with Crippen LogP contribution in [-0.4, -0.2) is 32.7 Å². The molecule has 0 bridgehead atoms. The van der Waals surface area contributed by atoms with Crippen LogP contribution >= 0.6 is 11.6 Å². The van der Waals surface area contributed by atoms with Crippen LogP contribution in [0.2, 0.25) is 5.02 Å². The molecule has 0 saturated heterocycles. The lowest BCUT2D eigenvalue weighted by molar-refractivity contribution is -0.119. The van der Waals surface area contributed by atoms with Gasteiger partial charge in [-0.05, 0) is 42.5 Å². The molecule has 1 N–H and O–H groups in total. The van der Waals surface area contributed by atoms with E-state index in [1.807, 2.05) is 0 Å². The Balaban J connectivity index is 1.92. The zero-order valence-electron chi connectivity index (χ0n) is 13.2. The third-order valence-electron chi connectivity index (χ3n) is 3.08. The minimum Gasteiger partial charge on any atom is -0.493 e. The van der Waals surface area contributed by atoms with Crippen LogP contribution in [0, 0.1) is 0 Å². The number of halogens is 1. The number of hydrogen-bond acceptors (Lipinski definition) is 5. The van der Waals surface area contributed by atoms with Crippen LogP contribution in [0.5, 0.6) is 11.5 Å². The number of ether oxygens (including phenoxy) is 3. The summed E-state index contributed by atoms with van der Waals surface area (Å²) in [5.74, 6) is -0.194. The van der Waals surface area contributed by atoms with Gasteiger partial charge in [0.15, 0.2) is 18.1 Å². The Kier molecular flexibility index (Phi) is 6.03. The van der Waals surface area contributed by atoms with Gasteiger partial charge in [-0.2, -0.15) is 0 Å². The second-order valence-corrected chi connectivity index (χ2v) is 5.14. The second kappa shape index (κ2) is 8.21. The van der Waals surface area contributed by atoms with Crippen molar-refractivity contribution in [1.29, 1.82) is 0 Å². The normalized spacial score (nSPS) is 9.96. The fraction of sp³-hybridized carbons (Fsp3) is 0.176. The van der Waals surface area contributed by atoms with E-state index in [0.29, 0.717) is 22.2 Å². The van der Waals surface area contributed by atoms with Crippen LogP contribution in [0.1, 0.15) is 10.4 Å². The molecule has 126 valence electrons. The van der Waals surface area contributed by atoms with E-state index in [9.17, 15) is 9.59 Å². The van der Waals surface area contributed by atoms with Gasteiger partial charge in [-0.25, -0.2) is 4.79 Å². The predicted octanol–water partition coefficient (Wildman–Crippen LogP) is 3.15. The average molecular weight is 350 g/mol. The Morgan fingerprint density at radius 3 is 2.29 bits per heavy atom. The minimum absolute atomic E-state index is 0.256. The van der Waals surface area contributed by atoms with Crippen molar-refractivity contribution in [2.24, 2.45) is 0 Å². The highest BCUT2D eigenvalue weighted by Crippen LogP contribution is 2.27. The van der Waals surface area contributed by atoms with Crippen LogP contribution in [0.3, 0.4) is 0 Å². The number of rotatable bonds is 6. The van der Waals surface area contributed by atoms with Gasteiger partial charge in [0.1, 0.15) is 0 Å². The molecule has 0 saturated carbocycles. The molecule has 0 aliphatic rings. The van der Waals surface area contributed by atoms with Crippen LogP contribution in [0.15, 0.2) is 42.5 Å². The van der Waals surface area contributed by atoms with Crippen molar-refractivity contribution in [2.75, 3.05) is 26.1 Å². The number of amides is 1. The fourth-order valence-corrected chi connectivity index (χ4v) is 2.03. The average Bonchev–Trinajstić information content (AvgIpc) is 2.61. The molecule has 0 unspecified atom stereocenters. The number of benzene rings is 2. The summed E-state index contributed by atoms with van der Waals surface area (Å²) in [6.45, 7) is -0.407. The van der Waals surface area contributed by atoms with E-state index in [0.717, 1.165) is 0 Å². The van der Waals surface area contributed by atoms with Gasteiger partial charge >= 0.3 is 5.97 Å². The fourth-order valence-electron chi connectivity index (χ4n) is 1.91. The van der Waals surface area contributed by atoms with E-state index in [-0.39, 0.29) is 5.56 Å². The summed E-state index contributed by atoms with van der Waals surface area (Å²) in [6.07, 6.45) is 0. The smallest absolute Gasteiger partial charge is 0.338 e. The predicted molar refractivity (Wildman–Crippen MR) is 89.9 cm³/mol. The Labute approximate surface area is 144 Å². The molecular weight excluding hydrogens is 334 g/mol. The summed E-state index contributed by atoms with van der Waals surface area (Å²) < 4.78 is 15.2. The molecule has 0 radical (unpaired) electrons. The maximum Gasteiger partial charge on any atom is 0.338 e. The van der Waals surface area contributed by atoms with Gasteiger partial charge in [0.05, 0.1) is 19.8 Å². The Hall–Kier alpha value is -2.73. The highest BCUT2D eigenvalue weighted by Gasteiger charge is 2.13. The van der Waals surface area contributed by atoms with Gasteiger partial charge in [0.2, 0.25) is 0 Å². The van der Waals surface area contributed by atoms with Crippen molar-refractivity contribution >= 4 is 29.2 Å². The molecule has 6 nitrogen and oxygen atoms in total. The molecule has 2 aromatic rings. The molecular formula is C17H16ClNO5. The highest BCUT2D eigenvalue weighted by molar-refractivity contribution is 6.30. The van der Waals surface area contributed by atoms with Gasteiger partial charge in [-0.3, -0.25) is 4.79 Å². The number of carbonyl (C=O) groups is 2. The molecule has 0 aliphatic heterocycles. The monoisotopic (exact) mass is 349 g/mol. The molecule has 0 heterocycles. The number of hydrogen-bond donors (Lipinski definition) is 1. The molecule has 24 heavy (non-hydrogen) atoms. The molecule has 0 aliphatic carbocycles. The lowest BCUT2D eigenvalue weighted by atomic mass is 10.2. The van der Waals surface area contributed by atoms with Crippen molar-refractivity contribution in [3.05, 3.63) is 53.1 Å². The van der Waals surface area contributed by atoms with Gasteiger partial charge < -0.3 is 19.5 Å². The van der Waals surface area contributed by atoms with E-state index in [4.69, 9.17) is 25.8 Å². The van der Waals surface area contributed by atoms with Gasteiger partial charge in [-0.1, -0.05) is 11.6 Å². The maximum absolute atomic E-state index is 12.0. The molecule has 0 aromatic heterocycles. The van der Waals surface area contributed by atoms with E-state index < -0.39 is 18.5 Å². The van der Waals surface area contributed by atoms with E-state index in [1.54, 1.807) is 30.3 Å². The number of nitrogens with one attached hydrogen (secondary N) is 1. The molecule has 7 heteroatoms. The Morgan fingerprint density at radius 2 is 1.67 bits per heavy atom. The summed E-state index contributed by atoms with van der Waals surface area (Å²) in [5.41, 5.74) is 0.818. The third kappa shape index (κ3) is 4.63. The second-order valence-electron chi connectivity index (χ2n) is 4.70. The molecule has 0 fully saturated rings. The number of carbonyl (C=O) groups excluding carboxylic acids is 2. The quantitative estimate of drug-likeness (QED) is 0.811. The van der Waals surface area contributed by atoms with Crippen LogP contribution in [0.25, 0.3) is 0 Å². The molecule has 2 rings (SSSR count). The van der Waals surface area contributed by atoms with Crippen LogP contribution in [-0.2, 0) is 9.53 Å². The molecule has 2 aromatic carbocycles. The van der Waals surface area contributed by atoms with Crippen molar-refractivity contribution < 1.29 is 23.8 Å². The lowest BCUT2D eigenvalue weighted by Gasteiger charge is -2.10. The zero-order valence-corrected chi connectivity index (χ0v) is 13.9. The third-order valence-corrected chi connectivity index (χ3v) is 3.33. The summed E-state index contributed by atoms with van der Waals surface area (Å²) in [5, 5.41) is 3.16. The summed E-state index contributed by atoms with van der Waals surface area (Å²) >= 11 is 5.76. The first-order valence-electron chi connectivity index (χ1n) is 6.98. The largest absolute Gasteiger partial charge is 0.493 e. The van der Waals surface area contributed by atoms with Crippen LogP contribution < -0.4 is 14.8 Å². The number of anilines is 1. The highest BCUT2D eigenvalue weighted by atomic mass is 35.5. The lowest BCUT2D eigenvalue weighted by Crippen LogP contribution is -2.20. The Morgan fingerprint density at radius 1 is 1.00 bits per heavy atom. The van der Waals surface area contributed by atoms with Gasteiger partial charge in [0.25, 0.3) is 5.91 Å². The minimum atomic E-state index is -0.637. The number of esters is 1. The van der Waals surface area contributed by atoms with Gasteiger partial charge in [0, 0.05) is 10.7 Å². The zero-order chi connectivity index (χ0) is 17.5. The standard InChI is InChI=1S/C17H16ClNO5/c1-22-14-8-3-11(9-15(14)23-2)17(21)24-10-16(20)19-13-6-4-12(18)5-7-13/h3-9H,10H2,1-2H3,(H,19,20). The Bertz CT molecular complexity index is 730. The van der Waals surface area contributed by atoms with Gasteiger partial charge in [-0.15, -0.1) is 0 Å². The summed E-state index contributed by atoms with van der Waals surface area (Å²) in [6, 6.07) is 11.2. The number of methoxy groups -OCH3 is 2. The first-order valence-corrected chi connectivity index (χ1v) is 7.36. The summed E-state index contributed by atoms with van der Waals surface area (Å²) in [4.78, 5) is 23.8. The van der Waals surface area contributed by atoms with Crippen molar-refractivity contribution in [1.82, 2.24) is 0 Å². The van der Waals surface area contributed by atoms with E-state index >= 15 is 0 Å². The molecule has 1 amide bonds. The first-order chi connectivity index (χ1) is 11.5.